The van der Waals surface area contributed by atoms with Gasteiger partial charge in [-0.05, 0) is 56.2 Å². The van der Waals surface area contributed by atoms with Crippen LogP contribution in [0.4, 0.5) is 5.69 Å². The molecule has 0 aliphatic carbocycles. The summed E-state index contributed by atoms with van der Waals surface area (Å²) in [5.74, 6) is -0.657. The summed E-state index contributed by atoms with van der Waals surface area (Å²) in [6.45, 7) is 6.85. The first-order valence-electron chi connectivity index (χ1n) is 8.68. The molecule has 0 unspecified atom stereocenters. The van der Waals surface area contributed by atoms with E-state index < -0.39 is 15.7 Å². The van der Waals surface area contributed by atoms with Gasteiger partial charge in [0.25, 0.3) is 5.91 Å². The van der Waals surface area contributed by atoms with E-state index >= 15 is 0 Å². The number of carbonyl (C=O) groups is 1. The molecule has 0 spiro atoms. The van der Waals surface area contributed by atoms with E-state index in [2.05, 4.69) is 16.8 Å². The lowest BCUT2D eigenvalue weighted by molar-refractivity contribution is -0.112. The lowest BCUT2D eigenvalue weighted by Gasteiger charge is -2.09. The molecule has 148 valence electrons. The van der Waals surface area contributed by atoms with Crippen LogP contribution in [0.3, 0.4) is 0 Å². The number of hydrogen-bond donors (Lipinski definition) is 1. The molecule has 1 heterocycles. The fourth-order valence-corrected chi connectivity index (χ4v) is 3.68. The normalized spacial score (nSPS) is 11.9. The van der Waals surface area contributed by atoms with Crippen LogP contribution in [-0.4, -0.2) is 25.1 Å². The molecule has 0 saturated carbocycles. The highest BCUT2D eigenvalue weighted by Crippen LogP contribution is 2.26. The van der Waals surface area contributed by atoms with E-state index in [0.29, 0.717) is 0 Å². The first-order chi connectivity index (χ1) is 13.1. The van der Waals surface area contributed by atoms with Crippen molar-refractivity contribution in [3.8, 4) is 6.07 Å². The second-order valence-electron chi connectivity index (χ2n) is 6.52. The van der Waals surface area contributed by atoms with Crippen LogP contribution in [-0.2, 0) is 21.2 Å². The summed E-state index contributed by atoms with van der Waals surface area (Å²) in [6, 6.07) is 7.85. The number of carbonyl (C=O) groups excluding carboxylic acids is 1. The Balaban J connectivity index is 2.37. The minimum absolute atomic E-state index is 0.0257. The van der Waals surface area contributed by atoms with Crippen LogP contribution in [0.2, 0.25) is 5.02 Å². The molecule has 0 saturated heterocycles. The fraction of sp³-hybridized carbons (Fsp3) is 0.300. The van der Waals surface area contributed by atoms with Crippen LogP contribution in [0.25, 0.3) is 6.08 Å². The predicted octanol–water partition coefficient (Wildman–Crippen LogP) is 4.12. The van der Waals surface area contributed by atoms with Gasteiger partial charge in [-0.1, -0.05) is 18.5 Å². The van der Waals surface area contributed by atoms with E-state index in [-0.39, 0.29) is 21.2 Å². The van der Waals surface area contributed by atoms with Gasteiger partial charge in [-0.15, -0.1) is 0 Å². The van der Waals surface area contributed by atoms with Gasteiger partial charge < -0.3 is 9.88 Å². The molecule has 0 fully saturated rings. The minimum Gasteiger partial charge on any atom is -0.349 e. The van der Waals surface area contributed by atoms with Crippen LogP contribution >= 0.6 is 11.6 Å². The van der Waals surface area contributed by atoms with Crippen LogP contribution in [0.5, 0.6) is 0 Å². The number of hydrogen-bond acceptors (Lipinski definition) is 4. The number of aryl methyl sites for hydroxylation is 1. The maximum atomic E-state index is 12.6. The highest BCUT2D eigenvalue weighted by atomic mass is 35.5. The number of amides is 1. The molecule has 0 bridgehead atoms. The van der Waals surface area contributed by atoms with E-state index in [4.69, 9.17) is 11.6 Å². The maximum absolute atomic E-state index is 12.6. The molecule has 0 aliphatic heterocycles. The van der Waals surface area contributed by atoms with Crippen molar-refractivity contribution in [1.29, 1.82) is 5.26 Å². The van der Waals surface area contributed by atoms with Crippen molar-refractivity contribution in [3.63, 3.8) is 0 Å². The van der Waals surface area contributed by atoms with E-state index in [0.717, 1.165) is 36.2 Å². The standard InChI is InChI=1S/C20H22ClN3O3S/c1-5-8-24-13(2)9-15(14(24)3)10-16(12-22)20(25)23-19-11-17(28(4,26)27)6-7-18(19)21/h6-7,9-11H,5,8H2,1-4H3,(H,23,25). The zero-order valence-electron chi connectivity index (χ0n) is 16.2. The third-order valence-corrected chi connectivity index (χ3v) is 5.78. The lowest BCUT2D eigenvalue weighted by atomic mass is 10.1. The van der Waals surface area contributed by atoms with Crippen molar-refractivity contribution in [2.45, 2.75) is 38.6 Å². The number of halogens is 1. The molecule has 1 aromatic carbocycles. The summed E-state index contributed by atoms with van der Waals surface area (Å²) in [7, 11) is -3.46. The summed E-state index contributed by atoms with van der Waals surface area (Å²) >= 11 is 6.07. The highest BCUT2D eigenvalue weighted by molar-refractivity contribution is 7.90. The number of benzene rings is 1. The van der Waals surface area contributed by atoms with Crippen LogP contribution in [0, 0.1) is 25.2 Å². The van der Waals surface area contributed by atoms with Gasteiger partial charge in [0.05, 0.1) is 15.6 Å². The highest BCUT2D eigenvalue weighted by Gasteiger charge is 2.16. The van der Waals surface area contributed by atoms with Crippen LogP contribution < -0.4 is 5.32 Å². The van der Waals surface area contributed by atoms with Crippen molar-refractivity contribution < 1.29 is 13.2 Å². The number of nitrogens with zero attached hydrogens (tertiary/aromatic N) is 2. The SMILES string of the molecule is CCCn1c(C)cc(C=C(C#N)C(=O)Nc2cc(S(C)(=O)=O)ccc2Cl)c1C. The molecule has 1 aromatic heterocycles. The summed E-state index contributed by atoms with van der Waals surface area (Å²) in [5, 5.41) is 12.2. The lowest BCUT2D eigenvalue weighted by Crippen LogP contribution is -2.14. The molecule has 0 aliphatic rings. The van der Waals surface area contributed by atoms with Gasteiger partial charge in [0, 0.05) is 24.2 Å². The molecule has 28 heavy (non-hydrogen) atoms. The summed E-state index contributed by atoms with van der Waals surface area (Å²) in [4.78, 5) is 12.6. The minimum atomic E-state index is -3.46. The Morgan fingerprint density at radius 2 is 2.00 bits per heavy atom. The van der Waals surface area contributed by atoms with Crippen molar-refractivity contribution in [3.05, 3.63) is 51.8 Å². The quantitative estimate of drug-likeness (QED) is 0.563. The molecule has 1 amide bonds. The molecule has 2 aromatic rings. The van der Waals surface area contributed by atoms with Crippen LogP contribution in [0.15, 0.2) is 34.7 Å². The number of rotatable bonds is 6. The fourth-order valence-electron chi connectivity index (χ4n) is 2.87. The Hall–Kier alpha value is -2.56. The Morgan fingerprint density at radius 3 is 2.57 bits per heavy atom. The first kappa shape index (κ1) is 21.7. The van der Waals surface area contributed by atoms with Gasteiger partial charge in [0.2, 0.25) is 0 Å². The van der Waals surface area contributed by atoms with Gasteiger partial charge in [-0.25, -0.2) is 8.42 Å². The second-order valence-corrected chi connectivity index (χ2v) is 8.94. The topological polar surface area (TPSA) is 92.0 Å². The van der Waals surface area contributed by atoms with E-state index in [1.54, 1.807) is 0 Å². The molecule has 0 radical (unpaired) electrons. The predicted molar refractivity (Wildman–Crippen MR) is 111 cm³/mol. The van der Waals surface area contributed by atoms with Gasteiger partial charge in [0.1, 0.15) is 11.6 Å². The van der Waals surface area contributed by atoms with E-state index in [1.165, 1.54) is 24.3 Å². The van der Waals surface area contributed by atoms with Gasteiger partial charge in [-0.2, -0.15) is 5.26 Å². The van der Waals surface area contributed by atoms with E-state index in [9.17, 15) is 18.5 Å². The zero-order valence-corrected chi connectivity index (χ0v) is 17.8. The average molecular weight is 420 g/mol. The number of anilines is 1. The Bertz CT molecular complexity index is 1090. The van der Waals surface area contributed by atoms with Gasteiger partial charge in [-0.3, -0.25) is 4.79 Å². The summed E-state index contributed by atoms with van der Waals surface area (Å²) in [5.41, 5.74) is 2.84. The molecular weight excluding hydrogens is 398 g/mol. The molecular formula is C20H22ClN3O3S. The maximum Gasteiger partial charge on any atom is 0.266 e. The van der Waals surface area contributed by atoms with Gasteiger partial charge >= 0.3 is 0 Å². The van der Waals surface area contributed by atoms with Gasteiger partial charge in [0.15, 0.2) is 9.84 Å². The number of nitrogens with one attached hydrogen (secondary N) is 1. The zero-order chi connectivity index (χ0) is 21.1. The number of nitriles is 1. The van der Waals surface area contributed by atoms with Crippen LogP contribution in [0.1, 0.15) is 30.3 Å². The number of sulfone groups is 1. The first-order valence-corrected chi connectivity index (χ1v) is 10.9. The van der Waals surface area contributed by atoms with Crippen molar-refractivity contribution in [2.24, 2.45) is 0 Å². The molecule has 1 N–H and O–H groups in total. The number of aromatic nitrogens is 1. The molecule has 6 nitrogen and oxygen atoms in total. The third-order valence-electron chi connectivity index (χ3n) is 4.34. The monoisotopic (exact) mass is 419 g/mol. The molecule has 8 heteroatoms. The van der Waals surface area contributed by atoms with Crippen molar-refractivity contribution in [1.82, 2.24) is 4.57 Å². The smallest absolute Gasteiger partial charge is 0.266 e. The molecule has 2 rings (SSSR count). The largest absolute Gasteiger partial charge is 0.349 e. The summed E-state index contributed by atoms with van der Waals surface area (Å²) in [6.07, 6.45) is 3.56. The third kappa shape index (κ3) is 4.83. The molecule has 0 atom stereocenters. The Kier molecular flexibility index (Phi) is 6.70. The van der Waals surface area contributed by atoms with E-state index in [1.807, 2.05) is 26.0 Å². The van der Waals surface area contributed by atoms with Crippen molar-refractivity contribution in [2.75, 3.05) is 11.6 Å². The Morgan fingerprint density at radius 1 is 1.32 bits per heavy atom. The second kappa shape index (κ2) is 8.63. The Labute approximate surface area is 170 Å². The van der Waals surface area contributed by atoms with Crippen molar-refractivity contribution >= 4 is 39.1 Å². The average Bonchev–Trinajstić information content (AvgIpc) is 2.88. The summed E-state index contributed by atoms with van der Waals surface area (Å²) < 4.78 is 25.6.